The van der Waals surface area contributed by atoms with Gasteiger partial charge in [0.1, 0.15) is 16.9 Å². The highest BCUT2D eigenvalue weighted by Gasteiger charge is 2.24. The SMILES string of the molecule is N#Cc1cnc(Cl)cc1-c1c[nH]c(C(=O)N[C@H](CO)c2cccc(Cl)c2)c1-c1ccccc1. The summed E-state index contributed by atoms with van der Waals surface area (Å²) in [5, 5.41) is 23.1. The minimum Gasteiger partial charge on any atom is -0.394 e. The number of pyridine rings is 1. The van der Waals surface area contributed by atoms with Crippen LogP contribution in [0.15, 0.2) is 73.1 Å². The molecule has 4 aromatic rings. The topological polar surface area (TPSA) is 102 Å². The monoisotopic (exact) mass is 476 g/mol. The van der Waals surface area contributed by atoms with Crippen LogP contribution in [0.1, 0.15) is 27.7 Å². The number of halogens is 2. The standard InChI is InChI=1S/C25H18Cl2N4O2/c26-18-8-4-7-16(9-18)21(14-32)31-25(33)24-23(15-5-2-1-3-6-15)20(13-30-24)19-10-22(27)29-12-17(19)11-28/h1-10,12-13,21,30,32H,14H2,(H,31,33)/t21-/m1/s1. The molecule has 0 aliphatic rings. The van der Waals surface area contributed by atoms with E-state index in [2.05, 4.69) is 21.4 Å². The van der Waals surface area contributed by atoms with Crippen molar-refractivity contribution in [3.63, 3.8) is 0 Å². The van der Waals surface area contributed by atoms with E-state index in [1.165, 1.54) is 6.20 Å². The second-order valence-corrected chi connectivity index (χ2v) is 8.07. The minimum atomic E-state index is -0.656. The number of hydrogen-bond donors (Lipinski definition) is 3. The third-order valence-corrected chi connectivity index (χ3v) is 5.63. The van der Waals surface area contributed by atoms with Crippen LogP contribution in [0.2, 0.25) is 10.2 Å². The Morgan fingerprint density at radius 1 is 1.12 bits per heavy atom. The molecular weight excluding hydrogens is 459 g/mol. The van der Waals surface area contributed by atoms with Crippen LogP contribution in [0, 0.1) is 11.3 Å². The first-order valence-corrected chi connectivity index (χ1v) is 10.8. The number of nitriles is 1. The first kappa shape index (κ1) is 22.6. The van der Waals surface area contributed by atoms with Gasteiger partial charge in [0.05, 0.1) is 18.2 Å². The molecule has 0 saturated carbocycles. The van der Waals surface area contributed by atoms with E-state index in [0.29, 0.717) is 32.8 Å². The summed E-state index contributed by atoms with van der Waals surface area (Å²) in [6, 6.07) is 19.4. The van der Waals surface area contributed by atoms with Gasteiger partial charge in [0, 0.05) is 34.1 Å². The third-order valence-electron chi connectivity index (χ3n) is 5.19. The molecule has 0 aliphatic carbocycles. The van der Waals surface area contributed by atoms with E-state index in [0.717, 1.165) is 5.56 Å². The molecular formula is C25H18Cl2N4O2. The molecule has 8 heteroatoms. The largest absolute Gasteiger partial charge is 0.394 e. The molecule has 0 saturated heterocycles. The maximum atomic E-state index is 13.3. The van der Waals surface area contributed by atoms with E-state index in [-0.39, 0.29) is 17.5 Å². The van der Waals surface area contributed by atoms with Gasteiger partial charge >= 0.3 is 0 Å². The first-order chi connectivity index (χ1) is 16.0. The normalized spacial score (nSPS) is 11.6. The Kier molecular flexibility index (Phi) is 6.76. The number of aromatic nitrogens is 2. The number of H-pyrrole nitrogens is 1. The molecule has 164 valence electrons. The van der Waals surface area contributed by atoms with Gasteiger partial charge in [0.15, 0.2) is 0 Å². The summed E-state index contributed by atoms with van der Waals surface area (Å²) in [6.07, 6.45) is 3.07. The van der Waals surface area contributed by atoms with Crippen molar-refractivity contribution in [1.82, 2.24) is 15.3 Å². The van der Waals surface area contributed by atoms with Gasteiger partial charge in [-0.25, -0.2) is 4.98 Å². The van der Waals surface area contributed by atoms with Gasteiger partial charge in [-0.05, 0) is 29.3 Å². The second kappa shape index (κ2) is 9.88. The van der Waals surface area contributed by atoms with Gasteiger partial charge in [-0.15, -0.1) is 0 Å². The maximum absolute atomic E-state index is 13.3. The summed E-state index contributed by atoms with van der Waals surface area (Å²) in [6.45, 7) is -0.307. The Balaban J connectivity index is 1.80. The van der Waals surface area contributed by atoms with Gasteiger partial charge in [-0.3, -0.25) is 4.79 Å². The molecule has 1 amide bonds. The number of benzene rings is 2. The van der Waals surface area contributed by atoms with Gasteiger partial charge < -0.3 is 15.4 Å². The van der Waals surface area contributed by atoms with Crippen LogP contribution in [0.3, 0.4) is 0 Å². The second-order valence-electron chi connectivity index (χ2n) is 7.25. The van der Waals surface area contributed by atoms with Gasteiger partial charge in [0.25, 0.3) is 5.91 Å². The molecule has 4 rings (SSSR count). The summed E-state index contributed by atoms with van der Waals surface area (Å²) in [4.78, 5) is 20.4. The fourth-order valence-corrected chi connectivity index (χ4v) is 4.01. The minimum absolute atomic E-state index is 0.233. The molecule has 3 N–H and O–H groups in total. The Morgan fingerprint density at radius 3 is 2.61 bits per heavy atom. The van der Waals surface area contributed by atoms with Crippen LogP contribution in [0.4, 0.5) is 0 Å². The number of carbonyl (C=O) groups excluding carboxylic acids is 1. The number of aromatic amines is 1. The average molecular weight is 477 g/mol. The Bertz CT molecular complexity index is 1350. The molecule has 0 fully saturated rings. The van der Waals surface area contributed by atoms with Crippen molar-refractivity contribution in [3.8, 4) is 28.3 Å². The smallest absolute Gasteiger partial charge is 0.268 e. The van der Waals surface area contributed by atoms with Crippen LogP contribution in [-0.2, 0) is 0 Å². The Hall–Kier alpha value is -3.63. The summed E-state index contributed by atoms with van der Waals surface area (Å²) in [5.74, 6) is -0.419. The first-order valence-electron chi connectivity index (χ1n) is 10.0. The number of nitrogens with one attached hydrogen (secondary N) is 2. The molecule has 6 nitrogen and oxygen atoms in total. The molecule has 0 spiro atoms. The molecule has 0 aliphatic heterocycles. The highest BCUT2D eigenvalue weighted by atomic mass is 35.5. The lowest BCUT2D eigenvalue weighted by Crippen LogP contribution is -2.31. The van der Waals surface area contributed by atoms with E-state index >= 15 is 0 Å². The van der Waals surface area contributed by atoms with E-state index in [9.17, 15) is 15.2 Å². The Morgan fingerprint density at radius 2 is 1.91 bits per heavy atom. The van der Waals surface area contributed by atoms with Crippen molar-refractivity contribution in [3.05, 3.63) is 100 Å². The van der Waals surface area contributed by atoms with Gasteiger partial charge in [0.2, 0.25) is 0 Å². The summed E-state index contributed by atoms with van der Waals surface area (Å²) >= 11 is 12.2. The highest BCUT2D eigenvalue weighted by Crippen LogP contribution is 2.37. The molecule has 2 heterocycles. The van der Waals surface area contributed by atoms with E-state index in [1.54, 1.807) is 36.5 Å². The quantitative estimate of drug-likeness (QED) is 0.324. The van der Waals surface area contributed by atoms with Crippen molar-refractivity contribution >= 4 is 29.1 Å². The van der Waals surface area contributed by atoms with Crippen LogP contribution in [0.5, 0.6) is 0 Å². The summed E-state index contributed by atoms with van der Waals surface area (Å²) in [7, 11) is 0. The molecule has 0 radical (unpaired) electrons. The average Bonchev–Trinajstić information content (AvgIpc) is 3.28. The fraction of sp³-hybridized carbons (Fsp3) is 0.0800. The molecule has 0 bridgehead atoms. The summed E-state index contributed by atoms with van der Waals surface area (Å²) < 4.78 is 0. The van der Waals surface area contributed by atoms with Crippen molar-refractivity contribution in [2.45, 2.75) is 6.04 Å². The lowest BCUT2D eigenvalue weighted by Gasteiger charge is -2.17. The third kappa shape index (κ3) is 4.76. The zero-order valence-electron chi connectivity index (χ0n) is 17.2. The zero-order chi connectivity index (χ0) is 23.4. The number of nitrogens with zero attached hydrogens (tertiary/aromatic N) is 2. The van der Waals surface area contributed by atoms with E-state index in [4.69, 9.17) is 23.2 Å². The van der Waals surface area contributed by atoms with Crippen LogP contribution < -0.4 is 5.32 Å². The van der Waals surface area contributed by atoms with Gasteiger partial charge in [-0.2, -0.15) is 5.26 Å². The van der Waals surface area contributed by atoms with Crippen molar-refractivity contribution in [2.75, 3.05) is 6.61 Å². The number of hydrogen-bond acceptors (Lipinski definition) is 4. The van der Waals surface area contributed by atoms with Crippen molar-refractivity contribution in [1.29, 1.82) is 5.26 Å². The van der Waals surface area contributed by atoms with Crippen LogP contribution >= 0.6 is 23.2 Å². The van der Waals surface area contributed by atoms with Crippen molar-refractivity contribution < 1.29 is 9.90 Å². The molecule has 33 heavy (non-hydrogen) atoms. The highest BCUT2D eigenvalue weighted by molar-refractivity contribution is 6.30. The lowest BCUT2D eigenvalue weighted by atomic mass is 9.94. The number of carbonyl (C=O) groups is 1. The number of rotatable bonds is 6. The molecule has 2 aromatic heterocycles. The summed E-state index contributed by atoms with van der Waals surface area (Å²) in [5.41, 5.74) is 3.87. The van der Waals surface area contributed by atoms with Crippen LogP contribution in [-0.4, -0.2) is 27.6 Å². The predicted molar refractivity (Wildman–Crippen MR) is 128 cm³/mol. The zero-order valence-corrected chi connectivity index (χ0v) is 18.7. The predicted octanol–water partition coefficient (Wildman–Crippen LogP) is 5.39. The van der Waals surface area contributed by atoms with Gasteiger partial charge in [-0.1, -0.05) is 65.7 Å². The van der Waals surface area contributed by atoms with Crippen LogP contribution in [0.25, 0.3) is 22.3 Å². The van der Waals surface area contributed by atoms with Crippen molar-refractivity contribution in [2.24, 2.45) is 0 Å². The Labute approximate surface area is 200 Å². The molecule has 0 unspecified atom stereocenters. The maximum Gasteiger partial charge on any atom is 0.268 e. The molecule has 1 atom stereocenters. The molecule has 2 aromatic carbocycles. The fourth-order valence-electron chi connectivity index (χ4n) is 3.65. The number of aliphatic hydroxyl groups is 1. The van der Waals surface area contributed by atoms with E-state index in [1.807, 2.05) is 30.3 Å². The number of amides is 1. The van der Waals surface area contributed by atoms with E-state index < -0.39 is 11.9 Å². The lowest BCUT2D eigenvalue weighted by molar-refractivity contribution is 0.0912. The number of aliphatic hydroxyl groups excluding tert-OH is 1.